The van der Waals surface area contributed by atoms with Gasteiger partial charge in [-0.05, 0) is 37.1 Å². The van der Waals surface area contributed by atoms with Crippen LogP contribution in [0.4, 0.5) is 0 Å². The molecule has 68 valence electrons. The van der Waals surface area contributed by atoms with E-state index in [9.17, 15) is 0 Å². The second-order valence-corrected chi connectivity index (χ2v) is 3.53. The third-order valence-corrected chi connectivity index (χ3v) is 2.77. The first-order valence-corrected chi connectivity index (χ1v) is 4.78. The Bertz CT molecular complexity index is 339. The van der Waals surface area contributed by atoms with Gasteiger partial charge in [-0.15, -0.1) is 0 Å². The summed E-state index contributed by atoms with van der Waals surface area (Å²) in [6.45, 7) is 2.20. The minimum absolute atomic E-state index is 0.462. The van der Waals surface area contributed by atoms with E-state index in [-0.39, 0.29) is 0 Å². The molecule has 0 saturated carbocycles. The molecule has 1 N–H and O–H groups in total. The quantitative estimate of drug-likeness (QED) is 0.723. The van der Waals surface area contributed by atoms with Crippen molar-refractivity contribution in [3.05, 3.63) is 41.5 Å². The fourth-order valence-electron chi connectivity index (χ4n) is 1.88. The molecule has 1 aliphatic carbocycles. The van der Waals surface area contributed by atoms with Crippen LogP contribution in [-0.4, -0.2) is 13.1 Å². The van der Waals surface area contributed by atoms with E-state index in [1.807, 2.05) is 7.05 Å². The van der Waals surface area contributed by atoms with Crippen LogP contribution in [-0.2, 0) is 6.42 Å². The van der Waals surface area contributed by atoms with Crippen LogP contribution in [0.1, 0.15) is 18.1 Å². The summed E-state index contributed by atoms with van der Waals surface area (Å²) in [5.74, 6) is 0. The summed E-state index contributed by atoms with van der Waals surface area (Å²) in [6.07, 6.45) is 3.42. The van der Waals surface area contributed by atoms with Gasteiger partial charge in [-0.2, -0.15) is 0 Å². The number of hydrogen-bond acceptors (Lipinski definition) is 1. The van der Waals surface area contributed by atoms with E-state index in [1.54, 1.807) is 0 Å². The van der Waals surface area contributed by atoms with Crippen LogP contribution in [0.3, 0.4) is 0 Å². The third kappa shape index (κ3) is 1.40. The first-order chi connectivity index (χ1) is 6.33. The van der Waals surface area contributed by atoms with Gasteiger partial charge in [0.2, 0.25) is 0 Å². The molecular weight excluding hydrogens is 158 g/mol. The molecule has 1 heteroatoms. The third-order valence-electron chi connectivity index (χ3n) is 2.77. The molecule has 0 radical (unpaired) electrons. The van der Waals surface area contributed by atoms with Crippen LogP contribution in [0.2, 0.25) is 0 Å². The first-order valence-electron chi connectivity index (χ1n) is 4.78. The van der Waals surface area contributed by atoms with E-state index >= 15 is 0 Å². The zero-order chi connectivity index (χ0) is 9.26. The van der Waals surface area contributed by atoms with Crippen LogP contribution in [0.25, 0.3) is 5.57 Å². The summed E-state index contributed by atoms with van der Waals surface area (Å²) in [5, 5.41) is 3.28. The number of allylic oxidation sites excluding steroid dienone is 1. The van der Waals surface area contributed by atoms with Crippen LogP contribution in [0.5, 0.6) is 0 Å². The summed E-state index contributed by atoms with van der Waals surface area (Å²) >= 11 is 0. The lowest BCUT2D eigenvalue weighted by molar-refractivity contribution is 0.745. The molecule has 1 nitrogen and oxygen atoms in total. The molecule has 0 aromatic heterocycles. The van der Waals surface area contributed by atoms with Gasteiger partial charge in [0.15, 0.2) is 0 Å². The SMILES string of the molecule is CNC(C)C1=CCc2ccccc21. The number of rotatable bonds is 2. The maximum atomic E-state index is 3.28. The average molecular weight is 173 g/mol. The summed E-state index contributed by atoms with van der Waals surface area (Å²) in [7, 11) is 2.01. The summed E-state index contributed by atoms with van der Waals surface area (Å²) in [6, 6.07) is 9.10. The lowest BCUT2D eigenvalue weighted by atomic mass is 10.0. The van der Waals surface area contributed by atoms with E-state index in [0.29, 0.717) is 6.04 Å². The van der Waals surface area contributed by atoms with Crippen molar-refractivity contribution in [2.45, 2.75) is 19.4 Å². The summed E-state index contributed by atoms with van der Waals surface area (Å²) in [5.41, 5.74) is 4.32. The van der Waals surface area contributed by atoms with E-state index in [2.05, 4.69) is 42.6 Å². The van der Waals surface area contributed by atoms with Gasteiger partial charge in [0.25, 0.3) is 0 Å². The van der Waals surface area contributed by atoms with Gasteiger partial charge in [-0.1, -0.05) is 30.3 Å². The number of fused-ring (bicyclic) bond motifs is 1. The van der Waals surface area contributed by atoms with Gasteiger partial charge in [0, 0.05) is 6.04 Å². The van der Waals surface area contributed by atoms with Gasteiger partial charge in [0.05, 0.1) is 0 Å². The maximum Gasteiger partial charge on any atom is 0.0292 e. The Morgan fingerprint density at radius 2 is 2.08 bits per heavy atom. The van der Waals surface area contributed by atoms with Crippen LogP contribution in [0, 0.1) is 0 Å². The van der Waals surface area contributed by atoms with Crippen molar-refractivity contribution >= 4 is 5.57 Å². The van der Waals surface area contributed by atoms with E-state index in [1.165, 1.54) is 16.7 Å². The lowest BCUT2D eigenvalue weighted by Gasteiger charge is -2.13. The Hall–Kier alpha value is -1.08. The molecule has 13 heavy (non-hydrogen) atoms. The van der Waals surface area contributed by atoms with Crippen molar-refractivity contribution < 1.29 is 0 Å². The Kier molecular flexibility index (Phi) is 2.19. The Morgan fingerprint density at radius 3 is 2.85 bits per heavy atom. The predicted molar refractivity (Wildman–Crippen MR) is 56.6 cm³/mol. The summed E-state index contributed by atoms with van der Waals surface area (Å²) in [4.78, 5) is 0. The van der Waals surface area contributed by atoms with Gasteiger partial charge in [0.1, 0.15) is 0 Å². The van der Waals surface area contributed by atoms with E-state index in [0.717, 1.165) is 6.42 Å². The Balaban J connectivity index is 2.36. The van der Waals surface area contributed by atoms with E-state index < -0.39 is 0 Å². The molecule has 0 amide bonds. The monoisotopic (exact) mass is 173 g/mol. The zero-order valence-corrected chi connectivity index (χ0v) is 8.17. The molecule has 0 spiro atoms. The molecule has 1 aliphatic rings. The Morgan fingerprint density at radius 1 is 1.31 bits per heavy atom. The molecule has 1 aromatic carbocycles. The topological polar surface area (TPSA) is 12.0 Å². The van der Waals surface area contributed by atoms with Gasteiger partial charge >= 0.3 is 0 Å². The zero-order valence-electron chi connectivity index (χ0n) is 8.17. The van der Waals surface area contributed by atoms with Crippen molar-refractivity contribution in [3.8, 4) is 0 Å². The fourth-order valence-corrected chi connectivity index (χ4v) is 1.88. The summed E-state index contributed by atoms with van der Waals surface area (Å²) < 4.78 is 0. The van der Waals surface area contributed by atoms with Gasteiger partial charge in [-0.25, -0.2) is 0 Å². The molecule has 0 heterocycles. The smallest absolute Gasteiger partial charge is 0.0292 e. The van der Waals surface area contributed by atoms with Crippen LogP contribution in [0.15, 0.2) is 30.3 Å². The minimum atomic E-state index is 0.462. The molecule has 0 saturated heterocycles. The Labute approximate surface area is 79.5 Å². The normalized spacial score (nSPS) is 16.6. The van der Waals surface area contributed by atoms with Crippen LogP contribution < -0.4 is 5.32 Å². The second kappa shape index (κ2) is 3.35. The lowest BCUT2D eigenvalue weighted by Crippen LogP contribution is -2.22. The number of likely N-dealkylation sites (N-methyl/N-ethyl adjacent to an activating group) is 1. The molecule has 0 fully saturated rings. The maximum absolute atomic E-state index is 3.28. The van der Waals surface area contributed by atoms with Crippen molar-refractivity contribution in [1.29, 1.82) is 0 Å². The molecule has 0 aliphatic heterocycles. The fraction of sp³-hybridized carbons (Fsp3) is 0.333. The molecule has 2 rings (SSSR count). The average Bonchev–Trinajstić information content (AvgIpc) is 2.60. The highest BCUT2D eigenvalue weighted by Crippen LogP contribution is 2.29. The molecular formula is C12H15N. The molecule has 0 bridgehead atoms. The molecule has 1 unspecified atom stereocenters. The largest absolute Gasteiger partial charge is 0.313 e. The van der Waals surface area contributed by atoms with Crippen LogP contribution >= 0.6 is 0 Å². The second-order valence-electron chi connectivity index (χ2n) is 3.53. The number of benzene rings is 1. The van der Waals surface area contributed by atoms with Gasteiger partial charge in [-0.3, -0.25) is 0 Å². The minimum Gasteiger partial charge on any atom is -0.313 e. The first kappa shape index (κ1) is 8.52. The standard InChI is InChI=1S/C12H15N/c1-9(13-2)11-8-7-10-5-3-4-6-12(10)11/h3-6,8-9,13H,7H2,1-2H3. The highest BCUT2D eigenvalue weighted by molar-refractivity contribution is 5.75. The van der Waals surface area contributed by atoms with Crippen molar-refractivity contribution in [3.63, 3.8) is 0 Å². The molecule has 1 atom stereocenters. The molecule has 1 aromatic rings. The van der Waals surface area contributed by atoms with Crippen molar-refractivity contribution in [1.82, 2.24) is 5.32 Å². The number of hydrogen-bond donors (Lipinski definition) is 1. The predicted octanol–water partition coefficient (Wildman–Crippen LogP) is 2.23. The highest BCUT2D eigenvalue weighted by Gasteiger charge is 2.16. The highest BCUT2D eigenvalue weighted by atomic mass is 14.9. The van der Waals surface area contributed by atoms with Crippen molar-refractivity contribution in [2.75, 3.05) is 7.05 Å². The number of nitrogens with one attached hydrogen (secondary N) is 1. The van der Waals surface area contributed by atoms with Gasteiger partial charge < -0.3 is 5.32 Å². The van der Waals surface area contributed by atoms with Crippen molar-refractivity contribution in [2.24, 2.45) is 0 Å². The van der Waals surface area contributed by atoms with E-state index in [4.69, 9.17) is 0 Å².